The second-order valence-corrected chi connectivity index (χ2v) is 20.6. The van der Waals surface area contributed by atoms with Crippen LogP contribution in [0.25, 0.3) is 22.2 Å². The summed E-state index contributed by atoms with van der Waals surface area (Å²) in [4.78, 5) is 64.4. The minimum absolute atomic E-state index is 0.00102. The van der Waals surface area contributed by atoms with Gasteiger partial charge in [0.15, 0.2) is 17.2 Å². The summed E-state index contributed by atoms with van der Waals surface area (Å²) in [5.74, 6) is -1.59. The first-order valence-corrected chi connectivity index (χ1v) is 25.6. The van der Waals surface area contributed by atoms with Gasteiger partial charge in [-0.3, -0.25) is 29.5 Å². The Labute approximate surface area is 422 Å². The molecule has 4 fully saturated rings. The van der Waals surface area contributed by atoms with Crippen molar-refractivity contribution in [2.75, 3.05) is 70.9 Å². The van der Waals surface area contributed by atoms with Crippen molar-refractivity contribution >= 4 is 52.1 Å². The van der Waals surface area contributed by atoms with Crippen molar-refractivity contribution < 1.29 is 37.4 Å². The second-order valence-electron chi connectivity index (χ2n) is 20.2. The number of carbonyl (C=O) groups is 4. The fourth-order valence-corrected chi connectivity index (χ4v) is 12.1. The van der Waals surface area contributed by atoms with Crippen LogP contribution in [0.3, 0.4) is 0 Å². The molecule has 0 bridgehead atoms. The number of aryl methyl sites for hydroxylation is 1. The maximum atomic E-state index is 16.2. The quantitative estimate of drug-likeness (QED) is 0.109. The average Bonchev–Trinajstić information content (AvgIpc) is 3.85. The van der Waals surface area contributed by atoms with Gasteiger partial charge in [-0.1, -0.05) is 48.9 Å². The number of anilines is 1. The molecule has 15 nitrogen and oxygen atoms in total. The van der Waals surface area contributed by atoms with Crippen molar-refractivity contribution in [2.45, 2.75) is 76.0 Å². The van der Waals surface area contributed by atoms with Gasteiger partial charge in [-0.25, -0.2) is 18.6 Å². The summed E-state index contributed by atoms with van der Waals surface area (Å²) < 4.78 is 46.2. The minimum atomic E-state index is -1.06. The van der Waals surface area contributed by atoms with E-state index in [-0.39, 0.29) is 63.4 Å². The van der Waals surface area contributed by atoms with Crippen LogP contribution in [0.5, 0.6) is 11.5 Å². The Morgan fingerprint density at radius 1 is 0.917 bits per heavy atom. The van der Waals surface area contributed by atoms with Crippen LogP contribution < -0.4 is 30.7 Å². The number of urea groups is 1. The van der Waals surface area contributed by atoms with Gasteiger partial charge < -0.3 is 34.9 Å². The van der Waals surface area contributed by atoms with Crippen LogP contribution in [0.4, 0.5) is 19.3 Å². The zero-order valence-corrected chi connectivity index (χ0v) is 41.8. The number of rotatable bonds is 13. The molecule has 2 atom stereocenters. The highest BCUT2D eigenvalue weighted by Gasteiger charge is 2.50. The number of benzene rings is 4. The smallest absolute Gasteiger partial charge is 0.328 e. The number of primary amides is 1. The molecule has 18 heteroatoms. The molecule has 2 unspecified atom stereocenters. The van der Waals surface area contributed by atoms with Crippen molar-refractivity contribution in [3.8, 4) is 22.6 Å². The van der Waals surface area contributed by atoms with Crippen LogP contribution in [0.2, 0.25) is 5.02 Å². The molecule has 1 aliphatic carbocycles. The maximum Gasteiger partial charge on any atom is 0.328 e. The Balaban J connectivity index is 0.712. The van der Waals surface area contributed by atoms with Crippen LogP contribution in [0.15, 0.2) is 66.7 Å². The molecule has 5 aromatic rings. The lowest BCUT2D eigenvalue weighted by molar-refractivity contribution is -0.138. The first-order chi connectivity index (χ1) is 34.7. The topological polar surface area (TPSA) is 168 Å². The van der Waals surface area contributed by atoms with Gasteiger partial charge in [-0.15, -0.1) is 0 Å². The van der Waals surface area contributed by atoms with E-state index in [1.165, 1.54) is 25.3 Å². The molecule has 5 heterocycles. The standard InChI is InChI=1S/C54H62ClF2N9O6/c1-32-46-43(28-39(56)49(55)48(46)47-38(51(58)68)14-16-42(71-3)50(47)57)72-54(32,35-7-5-4-6-8-35)31-59-36-11-9-34(10-12-36)52(69)65-20-17-33(18-21-65)29-63-23-25-64(26-24-63)30-44-60-40-15-13-37(27-41(40)62(44)2)66-22-19-45(67)61-53(66)70/h4-8,13-16,27-28,32-34,36,59H,9-12,17-26,29-31H2,1-3H3,(H2,58,68)(H,61,67,70). The van der Waals surface area contributed by atoms with Crippen molar-refractivity contribution in [1.29, 1.82) is 0 Å². The molecule has 0 spiro atoms. The summed E-state index contributed by atoms with van der Waals surface area (Å²) >= 11 is 6.71. The van der Waals surface area contributed by atoms with Gasteiger partial charge in [0, 0.05) is 119 Å². The van der Waals surface area contributed by atoms with E-state index in [0.717, 1.165) is 119 Å². The average molecular weight is 1010 g/mol. The number of imidazole rings is 1. The molecular weight excluding hydrogens is 944 g/mol. The first-order valence-electron chi connectivity index (χ1n) is 25.2. The van der Waals surface area contributed by atoms with Gasteiger partial charge >= 0.3 is 6.03 Å². The number of amides is 5. The lowest BCUT2D eigenvalue weighted by atomic mass is 9.77. The zero-order valence-electron chi connectivity index (χ0n) is 41.0. The number of piperidine rings is 1. The first kappa shape index (κ1) is 49.4. The number of methoxy groups -OCH3 is 1. The number of imide groups is 1. The van der Waals surface area contributed by atoms with Crippen molar-refractivity contribution in [3.05, 3.63) is 106 Å². The van der Waals surface area contributed by atoms with Crippen LogP contribution in [-0.2, 0) is 28.8 Å². The number of nitrogens with two attached hydrogens (primary N) is 1. The summed E-state index contributed by atoms with van der Waals surface area (Å²) in [7, 11) is 3.32. The Morgan fingerprint density at radius 3 is 2.33 bits per heavy atom. The molecular formula is C54H62ClF2N9O6. The zero-order chi connectivity index (χ0) is 50.4. The second kappa shape index (κ2) is 20.4. The summed E-state index contributed by atoms with van der Waals surface area (Å²) in [6.45, 7) is 9.79. The lowest BCUT2D eigenvalue weighted by Crippen LogP contribution is -2.50. The molecule has 5 amide bonds. The van der Waals surface area contributed by atoms with Gasteiger partial charge in [0.1, 0.15) is 17.4 Å². The van der Waals surface area contributed by atoms with Crippen molar-refractivity contribution in [2.24, 2.45) is 24.6 Å². The van der Waals surface area contributed by atoms with Crippen molar-refractivity contribution in [1.82, 2.24) is 34.9 Å². The van der Waals surface area contributed by atoms with E-state index < -0.39 is 35.1 Å². The number of hydrogen-bond donors (Lipinski definition) is 3. The van der Waals surface area contributed by atoms with Gasteiger partial charge in [0.25, 0.3) is 0 Å². The molecule has 3 saturated heterocycles. The van der Waals surface area contributed by atoms with Crippen LogP contribution >= 0.6 is 11.6 Å². The summed E-state index contributed by atoms with van der Waals surface area (Å²) in [6.07, 6.45) is 5.39. The number of hydrogen-bond acceptors (Lipinski definition) is 10. The highest BCUT2D eigenvalue weighted by molar-refractivity contribution is 6.34. The van der Waals surface area contributed by atoms with E-state index in [0.29, 0.717) is 24.6 Å². The number of ether oxygens (including phenoxy) is 2. The van der Waals surface area contributed by atoms with Crippen LogP contribution in [0.1, 0.15) is 85.1 Å². The van der Waals surface area contributed by atoms with Gasteiger partial charge in [0.05, 0.1) is 35.3 Å². The number of nitrogens with zero attached hydrogens (tertiary/aromatic N) is 6. The third kappa shape index (κ3) is 9.40. The number of halogens is 3. The Bertz CT molecular complexity index is 2900. The van der Waals surface area contributed by atoms with Crippen LogP contribution in [0, 0.1) is 23.5 Å². The summed E-state index contributed by atoms with van der Waals surface area (Å²) in [5, 5.41) is 5.81. The predicted molar refractivity (Wildman–Crippen MR) is 270 cm³/mol. The van der Waals surface area contributed by atoms with E-state index >= 15 is 8.78 Å². The Morgan fingerprint density at radius 2 is 1.64 bits per heavy atom. The van der Waals surface area contributed by atoms with Crippen molar-refractivity contribution in [3.63, 3.8) is 0 Å². The van der Waals surface area contributed by atoms with E-state index in [1.54, 1.807) is 4.90 Å². The Hall–Kier alpha value is -6.14. The molecule has 4 N–H and O–H groups in total. The molecule has 5 aliphatic rings. The van der Waals surface area contributed by atoms with Gasteiger partial charge in [-0.2, -0.15) is 0 Å². The largest absolute Gasteiger partial charge is 0.494 e. The number of fused-ring (bicyclic) bond motifs is 2. The minimum Gasteiger partial charge on any atom is -0.494 e. The number of carbonyl (C=O) groups excluding carboxylic acids is 4. The van der Waals surface area contributed by atoms with Gasteiger partial charge in [0.2, 0.25) is 17.7 Å². The van der Waals surface area contributed by atoms with Gasteiger partial charge in [-0.05, 0) is 80.3 Å². The SMILES string of the molecule is COc1ccc(C(N)=O)c(-c2c(Cl)c(F)cc3c2C(C)C(CNC2CCC(C(=O)N4CCC(CN5CCN(Cc6nc7ccc(N8CCC(=O)NC8=O)cc7n6C)CC5)CC4)CC2)(c2ccccc2)O3)c1F. The highest BCUT2D eigenvalue weighted by atomic mass is 35.5. The van der Waals surface area contributed by atoms with E-state index in [9.17, 15) is 19.2 Å². The molecule has 1 saturated carbocycles. The molecule has 4 aromatic carbocycles. The highest BCUT2D eigenvalue weighted by Crippen LogP contribution is 2.56. The summed E-state index contributed by atoms with van der Waals surface area (Å²) in [6, 6.07) is 19.0. The number of likely N-dealkylation sites (tertiary alicyclic amines) is 1. The fraction of sp³-hybridized carbons (Fsp3) is 0.463. The summed E-state index contributed by atoms with van der Waals surface area (Å²) in [5.41, 5.74) is 8.14. The normalized spacial score (nSPS) is 23.3. The maximum absolute atomic E-state index is 16.2. The third-order valence-electron chi connectivity index (χ3n) is 16.1. The van der Waals surface area contributed by atoms with Crippen LogP contribution in [-0.4, -0.2) is 120 Å². The van der Waals surface area contributed by atoms with E-state index in [1.807, 2.05) is 62.5 Å². The monoisotopic (exact) mass is 1010 g/mol. The molecule has 0 radical (unpaired) electrons. The molecule has 380 valence electrons. The molecule has 4 aliphatic heterocycles. The predicted octanol–water partition coefficient (Wildman–Crippen LogP) is 7.32. The van der Waals surface area contributed by atoms with E-state index in [2.05, 4.69) is 29.9 Å². The molecule has 72 heavy (non-hydrogen) atoms. The number of piperazine rings is 1. The van der Waals surface area contributed by atoms with E-state index in [4.69, 9.17) is 31.8 Å². The Kier molecular flexibility index (Phi) is 14.0. The third-order valence-corrected chi connectivity index (χ3v) is 16.4. The molecule has 1 aromatic heterocycles. The number of nitrogens with one attached hydrogen (secondary N) is 2. The number of aromatic nitrogens is 2. The molecule has 10 rings (SSSR count). The lowest BCUT2D eigenvalue weighted by Gasteiger charge is -2.40. The fourth-order valence-electron chi connectivity index (χ4n) is 11.9.